The van der Waals surface area contributed by atoms with Crippen LogP contribution in [0.15, 0.2) is 29.0 Å². The summed E-state index contributed by atoms with van der Waals surface area (Å²) < 4.78 is 25.4. The Morgan fingerprint density at radius 3 is 2.72 bits per heavy atom. The van der Waals surface area contributed by atoms with E-state index in [2.05, 4.69) is 20.4 Å². The van der Waals surface area contributed by atoms with Crippen LogP contribution in [-0.4, -0.2) is 76.5 Å². The van der Waals surface area contributed by atoms with Crippen molar-refractivity contribution in [2.24, 2.45) is 0 Å². The number of ether oxygens (including phenoxy) is 1. The Morgan fingerprint density at radius 1 is 1.28 bits per heavy atom. The predicted molar refractivity (Wildman–Crippen MR) is 125 cm³/mol. The van der Waals surface area contributed by atoms with E-state index in [9.17, 15) is 9.18 Å². The second-order valence-electron chi connectivity index (χ2n) is 7.57. The zero-order valence-electron chi connectivity index (χ0n) is 17.5. The molecule has 4 rings (SSSR count). The lowest BCUT2D eigenvalue weighted by molar-refractivity contribution is 0.143. The molecule has 0 saturated carbocycles. The lowest BCUT2D eigenvalue weighted by Crippen LogP contribution is -2.49. The minimum atomic E-state index is -0.491. The molecule has 170 valence electrons. The molecule has 1 amide bonds. The Kier molecular flexibility index (Phi) is 6.80. The number of hydrogen-bond acceptors (Lipinski definition) is 8. The van der Waals surface area contributed by atoms with E-state index in [-0.39, 0.29) is 11.9 Å². The van der Waals surface area contributed by atoms with Crippen LogP contribution in [0, 0.1) is 5.82 Å². The molecular formula is C20H23FN6O3S2. The molecule has 2 aliphatic rings. The van der Waals surface area contributed by atoms with E-state index in [1.165, 1.54) is 17.4 Å². The van der Waals surface area contributed by atoms with E-state index in [1.54, 1.807) is 19.1 Å². The number of nitrogens with zero attached hydrogens (tertiary/aromatic N) is 5. The van der Waals surface area contributed by atoms with Crippen molar-refractivity contribution < 1.29 is 18.3 Å². The lowest BCUT2D eigenvalue weighted by atomic mass is 10.2. The van der Waals surface area contributed by atoms with Gasteiger partial charge < -0.3 is 24.3 Å². The molecule has 0 bridgehead atoms. The zero-order valence-corrected chi connectivity index (χ0v) is 19.1. The molecule has 0 radical (unpaired) electrons. The average molecular weight is 479 g/mol. The number of benzene rings is 1. The summed E-state index contributed by atoms with van der Waals surface area (Å²) in [7, 11) is 0. The van der Waals surface area contributed by atoms with Crippen molar-refractivity contribution in [3.05, 3.63) is 36.3 Å². The SMILES string of the molecule is CC(=S)NCC1CN(c2ccc(N3CCN(C(=S)Cc4nnco4)CC3)c(F)c2)C(=O)O1. The highest BCUT2D eigenvalue weighted by molar-refractivity contribution is 7.80. The summed E-state index contributed by atoms with van der Waals surface area (Å²) in [6.45, 7) is 5.10. The van der Waals surface area contributed by atoms with Gasteiger partial charge in [0.05, 0.1) is 40.9 Å². The first-order chi connectivity index (χ1) is 15.4. The van der Waals surface area contributed by atoms with E-state index >= 15 is 0 Å². The van der Waals surface area contributed by atoms with Gasteiger partial charge in [-0.15, -0.1) is 10.2 Å². The van der Waals surface area contributed by atoms with Crippen molar-refractivity contribution in [3.63, 3.8) is 0 Å². The molecule has 12 heteroatoms. The van der Waals surface area contributed by atoms with Crippen LogP contribution in [0.4, 0.5) is 20.6 Å². The first-order valence-corrected chi connectivity index (χ1v) is 11.0. The maximum atomic E-state index is 15.0. The number of thiocarbonyl (C=S) groups is 2. The highest BCUT2D eigenvalue weighted by atomic mass is 32.1. The first kappa shape index (κ1) is 22.3. The fourth-order valence-electron chi connectivity index (χ4n) is 3.73. The average Bonchev–Trinajstić information content (AvgIpc) is 3.41. The molecule has 2 fully saturated rings. The van der Waals surface area contributed by atoms with Crippen LogP contribution in [0.2, 0.25) is 0 Å². The smallest absolute Gasteiger partial charge is 0.414 e. The van der Waals surface area contributed by atoms with Crippen LogP contribution in [0.25, 0.3) is 0 Å². The molecule has 3 heterocycles. The Hall–Kier alpha value is -2.86. The molecule has 1 N–H and O–H groups in total. The molecule has 2 aromatic rings. The number of anilines is 2. The van der Waals surface area contributed by atoms with Gasteiger partial charge >= 0.3 is 6.09 Å². The standard InChI is InChI=1S/C20H23FN6O3S2/c1-13(31)22-10-15-11-27(20(28)30-15)14-2-3-17(16(21)8-14)25-4-6-26(7-5-25)19(32)9-18-24-23-12-29-18/h2-3,8,12,15H,4-7,9-11H2,1H3,(H,22,31). The summed E-state index contributed by atoms with van der Waals surface area (Å²) in [5, 5.41) is 10.5. The van der Waals surface area contributed by atoms with E-state index in [0.29, 0.717) is 67.9 Å². The summed E-state index contributed by atoms with van der Waals surface area (Å²) in [5.41, 5.74) is 0.968. The number of halogens is 1. The molecule has 1 aromatic carbocycles. The molecule has 2 aliphatic heterocycles. The number of nitrogens with one attached hydrogen (secondary N) is 1. The number of carbonyl (C=O) groups excluding carboxylic acids is 1. The van der Waals surface area contributed by atoms with Crippen LogP contribution in [0.1, 0.15) is 12.8 Å². The molecule has 0 spiro atoms. The van der Waals surface area contributed by atoms with Crippen LogP contribution < -0.4 is 15.1 Å². The van der Waals surface area contributed by atoms with Gasteiger partial charge in [-0.2, -0.15) is 0 Å². The maximum Gasteiger partial charge on any atom is 0.414 e. The Morgan fingerprint density at radius 2 is 2.06 bits per heavy atom. The molecule has 2 saturated heterocycles. The van der Waals surface area contributed by atoms with Crippen molar-refractivity contribution in [2.75, 3.05) is 49.1 Å². The second kappa shape index (κ2) is 9.74. The Labute approximate surface area is 195 Å². The van der Waals surface area contributed by atoms with Gasteiger partial charge in [-0.25, -0.2) is 9.18 Å². The fraction of sp³-hybridized carbons (Fsp3) is 0.450. The number of cyclic esters (lactones) is 1. The molecule has 1 unspecified atom stereocenters. The van der Waals surface area contributed by atoms with Crippen molar-refractivity contribution in [1.29, 1.82) is 0 Å². The monoisotopic (exact) mass is 478 g/mol. The summed E-state index contributed by atoms with van der Waals surface area (Å²) in [4.78, 5) is 19.1. The van der Waals surface area contributed by atoms with Crippen LogP contribution in [0.3, 0.4) is 0 Å². The number of piperazine rings is 1. The fourth-order valence-corrected chi connectivity index (χ4v) is 4.12. The molecule has 9 nitrogen and oxygen atoms in total. The van der Waals surface area contributed by atoms with Gasteiger partial charge in [-0.05, 0) is 25.1 Å². The summed E-state index contributed by atoms with van der Waals surface area (Å²) in [6.07, 6.45) is 0.869. The van der Waals surface area contributed by atoms with Gasteiger partial charge in [-0.3, -0.25) is 4.90 Å². The van der Waals surface area contributed by atoms with Gasteiger partial charge in [0.25, 0.3) is 0 Å². The van der Waals surface area contributed by atoms with E-state index < -0.39 is 6.09 Å². The van der Waals surface area contributed by atoms with Crippen molar-refractivity contribution in [2.45, 2.75) is 19.4 Å². The predicted octanol–water partition coefficient (Wildman–Crippen LogP) is 2.16. The topological polar surface area (TPSA) is 87.0 Å². The number of hydrogen-bond donors (Lipinski definition) is 1. The lowest BCUT2D eigenvalue weighted by Gasteiger charge is -2.37. The van der Waals surface area contributed by atoms with Gasteiger partial charge in [0.2, 0.25) is 12.3 Å². The summed E-state index contributed by atoms with van der Waals surface area (Å²) >= 11 is 10.5. The largest absolute Gasteiger partial charge is 0.442 e. The van der Waals surface area contributed by atoms with Gasteiger partial charge in [0.15, 0.2) is 0 Å². The van der Waals surface area contributed by atoms with Crippen molar-refractivity contribution >= 4 is 51.9 Å². The van der Waals surface area contributed by atoms with Crippen LogP contribution in [0.5, 0.6) is 0 Å². The Bertz CT molecular complexity index is 997. The van der Waals surface area contributed by atoms with E-state index in [1.807, 2.05) is 4.90 Å². The minimum absolute atomic E-state index is 0.337. The molecule has 32 heavy (non-hydrogen) atoms. The van der Waals surface area contributed by atoms with Crippen LogP contribution >= 0.6 is 24.4 Å². The quantitative estimate of drug-likeness (QED) is 0.623. The van der Waals surface area contributed by atoms with E-state index in [0.717, 1.165) is 4.99 Å². The number of carbonyl (C=O) groups is 1. The second-order valence-corrected chi connectivity index (χ2v) is 8.65. The highest BCUT2D eigenvalue weighted by Gasteiger charge is 2.33. The third-order valence-corrected chi connectivity index (χ3v) is 5.92. The van der Waals surface area contributed by atoms with Gasteiger partial charge in [-0.1, -0.05) is 24.4 Å². The molecule has 0 aliphatic carbocycles. The van der Waals surface area contributed by atoms with E-state index in [4.69, 9.17) is 33.6 Å². The third kappa shape index (κ3) is 5.13. The van der Waals surface area contributed by atoms with Gasteiger partial charge in [0.1, 0.15) is 11.9 Å². The highest BCUT2D eigenvalue weighted by Crippen LogP contribution is 2.28. The third-order valence-electron chi connectivity index (χ3n) is 5.38. The zero-order chi connectivity index (χ0) is 22.7. The summed E-state index contributed by atoms with van der Waals surface area (Å²) in [6, 6.07) is 4.83. The first-order valence-electron chi connectivity index (χ1n) is 10.2. The maximum absolute atomic E-state index is 15.0. The van der Waals surface area contributed by atoms with Crippen molar-refractivity contribution in [3.8, 4) is 0 Å². The number of amides is 1. The number of rotatable bonds is 6. The number of aromatic nitrogens is 2. The molecular weight excluding hydrogens is 455 g/mol. The Balaban J connectivity index is 1.34. The normalized spacial score (nSPS) is 18.6. The van der Waals surface area contributed by atoms with Crippen molar-refractivity contribution in [1.82, 2.24) is 20.4 Å². The van der Waals surface area contributed by atoms with Gasteiger partial charge in [0, 0.05) is 26.2 Å². The molecule has 1 atom stereocenters. The minimum Gasteiger partial charge on any atom is -0.442 e. The summed E-state index contributed by atoms with van der Waals surface area (Å²) in [5.74, 6) is 0.100. The molecule has 1 aromatic heterocycles. The van der Waals surface area contributed by atoms with Crippen LogP contribution in [-0.2, 0) is 11.2 Å².